The minimum absolute atomic E-state index is 0.525. The molecule has 0 aromatic heterocycles. The molecule has 0 fully saturated rings. The lowest BCUT2D eigenvalue weighted by Gasteiger charge is -2.28. The molecule has 0 amide bonds. The molecule has 1 N–H and O–H groups in total. The van der Waals surface area contributed by atoms with E-state index in [1.54, 1.807) is 0 Å². The van der Waals surface area contributed by atoms with Gasteiger partial charge in [0.1, 0.15) is 0 Å². The van der Waals surface area contributed by atoms with Crippen molar-refractivity contribution in [2.45, 2.75) is 72.3 Å². The lowest BCUT2D eigenvalue weighted by atomic mass is 9.85. The first kappa shape index (κ1) is 17.2. The largest absolute Gasteiger partial charge is 0.310 e. The monoisotopic (exact) mass is 275 g/mol. The maximum atomic E-state index is 3.74. The van der Waals surface area contributed by atoms with Crippen LogP contribution < -0.4 is 5.32 Å². The summed E-state index contributed by atoms with van der Waals surface area (Å²) in [6.45, 7) is 10.1. The third kappa shape index (κ3) is 5.28. The molecule has 1 heteroatoms. The number of hydrogen-bond donors (Lipinski definition) is 1. The highest BCUT2D eigenvalue weighted by molar-refractivity contribution is 5.26. The van der Waals surface area contributed by atoms with Crippen molar-refractivity contribution in [2.75, 3.05) is 6.54 Å². The summed E-state index contributed by atoms with van der Waals surface area (Å²) in [7, 11) is 0. The van der Waals surface area contributed by atoms with Crippen LogP contribution in [0.15, 0.2) is 24.3 Å². The van der Waals surface area contributed by atoms with E-state index in [-0.39, 0.29) is 0 Å². The summed E-state index contributed by atoms with van der Waals surface area (Å²) >= 11 is 0. The Morgan fingerprint density at radius 2 is 1.65 bits per heavy atom. The zero-order valence-electron chi connectivity index (χ0n) is 13.9. The molecule has 20 heavy (non-hydrogen) atoms. The number of nitrogens with one attached hydrogen (secondary N) is 1. The molecule has 0 spiro atoms. The van der Waals surface area contributed by atoms with Crippen LogP contribution in [0.25, 0.3) is 0 Å². The minimum Gasteiger partial charge on any atom is -0.310 e. The highest BCUT2D eigenvalue weighted by atomic mass is 14.9. The van der Waals surface area contributed by atoms with Gasteiger partial charge >= 0.3 is 0 Å². The summed E-state index contributed by atoms with van der Waals surface area (Å²) in [5.41, 5.74) is 2.98. The molecular formula is C19H33N. The number of benzene rings is 1. The zero-order valence-corrected chi connectivity index (χ0v) is 13.9. The van der Waals surface area contributed by atoms with Crippen molar-refractivity contribution < 1.29 is 0 Å². The Morgan fingerprint density at radius 3 is 2.20 bits per heavy atom. The first-order chi connectivity index (χ1) is 9.76. The van der Waals surface area contributed by atoms with Gasteiger partial charge in [-0.15, -0.1) is 0 Å². The van der Waals surface area contributed by atoms with Crippen LogP contribution in [0, 0.1) is 5.92 Å². The number of aryl methyl sites for hydroxylation is 1. The molecule has 0 bridgehead atoms. The lowest BCUT2D eigenvalue weighted by molar-refractivity contribution is 0.320. The lowest BCUT2D eigenvalue weighted by Crippen LogP contribution is -2.28. The fourth-order valence-electron chi connectivity index (χ4n) is 3.23. The molecule has 1 unspecified atom stereocenters. The first-order valence-electron chi connectivity index (χ1n) is 8.58. The second kappa shape index (κ2) is 9.99. The summed E-state index contributed by atoms with van der Waals surface area (Å²) < 4.78 is 0. The third-order valence-electron chi connectivity index (χ3n) is 4.06. The minimum atomic E-state index is 0.525. The normalized spacial score (nSPS) is 12.8. The fraction of sp³-hybridized carbons (Fsp3) is 0.684. The van der Waals surface area contributed by atoms with Gasteiger partial charge in [-0.2, -0.15) is 0 Å². The third-order valence-corrected chi connectivity index (χ3v) is 4.06. The van der Waals surface area contributed by atoms with Gasteiger partial charge in [-0.25, -0.2) is 0 Å². The summed E-state index contributed by atoms with van der Waals surface area (Å²) in [5, 5.41) is 3.74. The molecule has 0 aliphatic rings. The summed E-state index contributed by atoms with van der Waals surface area (Å²) in [6.07, 6.45) is 7.62. The molecule has 0 saturated carbocycles. The van der Waals surface area contributed by atoms with E-state index in [0.717, 1.165) is 12.5 Å². The Balaban J connectivity index is 2.94. The second-order valence-corrected chi connectivity index (χ2v) is 5.87. The van der Waals surface area contributed by atoms with E-state index in [1.165, 1.54) is 49.7 Å². The zero-order chi connectivity index (χ0) is 14.8. The van der Waals surface area contributed by atoms with E-state index in [4.69, 9.17) is 0 Å². The molecule has 1 atom stereocenters. The number of hydrogen-bond acceptors (Lipinski definition) is 1. The van der Waals surface area contributed by atoms with Crippen LogP contribution in [-0.4, -0.2) is 6.54 Å². The predicted octanol–water partition coefficient (Wildman–Crippen LogP) is 5.51. The van der Waals surface area contributed by atoms with Gasteiger partial charge < -0.3 is 5.32 Å². The van der Waals surface area contributed by atoms with E-state index >= 15 is 0 Å². The van der Waals surface area contributed by atoms with Crippen molar-refractivity contribution >= 4 is 0 Å². The SMILES string of the molecule is CCCc1cccc(C(NCC)C(CCC)CCC)c1. The molecule has 0 saturated heterocycles. The van der Waals surface area contributed by atoms with E-state index in [0.29, 0.717) is 6.04 Å². The van der Waals surface area contributed by atoms with Gasteiger partial charge in [0.05, 0.1) is 0 Å². The summed E-state index contributed by atoms with van der Waals surface area (Å²) in [4.78, 5) is 0. The van der Waals surface area contributed by atoms with Crippen LogP contribution in [0.2, 0.25) is 0 Å². The van der Waals surface area contributed by atoms with Crippen molar-refractivity contribution in [1.29, 1.82) is 0 Å². The second-order valence-electron chi connectivity index (χ2n) is 5.87. The molecule has 0 heterocycles. The Morgan fingerprint density at radius 1 is 0.950 bits per heavy atom. The van der Waals surface area contributed by atoms with Crippen molar-refractivity contribution in [3.8, 4) is 0 Å². The Labute approximate surface area is 126 Å². The Bertz CT molecular complexity index is 353. The topological polar surface area (TPSA) is 12.0 Å². The Hall–Kier alpha value is -0.820. The van der Waals surface area contributed by atoms with Crippen LogP contribution in [0.3, 0.4) is 0 Å². The fourth-order valence-corrected chi connectivity index (χ4v) is 3.23. The molecule has 1 rings (SSSR count). The smallest absolute Gasteiger partial charge is 0.0348 e. The van der Waals surface area contributed by atoms with Crippen LogP contribution in [0.1, 0.15) is 77.0 Å². The van der Waals surface area contributed by atoms with Gasteiger partial charge in [0.15, 0.2) is 0 Å². The maximum Gasteiger partial charge on any atom is 0.0348 e. The summed E-state index contributed by atoms with van der Waals surface area (Å²) in [5.74, 6) is 0.766. The molecular weight excluding hydrogens is 242 g/mol. The van der Waals surface area contributed by atoms with Gasteiger partial charge in [0.2, 0.25) is 0 Å². The Kier molecular flexibility index (Phi) is 8.60. The molecule has 0 aliphatic carbocycles. The van der Waals surface area contributed by atoms with Gasteiger partial charge in [-0.3, -0.25) is 0 Å². The van der Waals surface area contributed by atoms with Crippen molar-refractivity contribution in [3.63, 3.8) is 0 Å². The molecule has 1 nitrogen and oxygen atoms in total. The van der Waals surface area contributed by atoms with Crippen LogP contribution in [-0.2, 0) is 6.42 Å². The molecule has 1 aromatic carbocycles. The number of rotatable bonds is 10. The van der Waals surface area contributed by atoms with Gasteiger partial charge in [-0.1, -0.05) is 71.2 Å². The van der Waals surface area contributed by atoms with Gasteiger partial charge in [-0.05, 0) is 42.9 Å². The van der Waals surface area contributed by atoms with Crippen molar-refractivity contribution in [2.24, 2.45) is 5.92 Å². The van der Waals surface area contributed by atoms with Crippen LogP contribution in [0.5, 0.6) is 0 Å². The van der Waals surface area contributed by atoms with Crippen molar-refractivity contribution in [3.05, 3.63) is 35.4 Å². The van der Waals surface area contributed by atoms with Gasteiger partial charge in [0.25, 0.3) is 0 Å². The first-order valence-corrected chi connectivity index (χ1v) is 8.58. The maximum absolute atomic E-state index is 3.74. The van der Waals surface area contributed by atoms with E-state index in [1.807, 2.05) is 0 Å². The molecule has 1 aromatic rings. The molecule has 0 radical (unpaired) electrons. The average Bonchev–Trinajstić information content (AvgIpc) is 2.45. The average molecular weight is 275 g/mol. The van der Waals surface area contributed by atoms with E-state index in [9.17, 15) is 0 Å². The molecule has 0 aliphatic heterocycles. The highest BCUT2D eigenvalue weighted by Crippen LogP contribution is 2.30. The van der Waals surface area contributed by atoms with E-state index < -0.39 is 0 Å². The highest BCUT2D eigenvalue weighted by Gasteiger charge is 2.21. The molecule has 114 valence electrons. The van der Waals surface area contributed by atoms with Gasteiger partial charge in [0, 0.05) is 6.04 Å². The van der Waals surface area contributed by atoms with Crippen LogP contribution >= 0.6 is 0 Å². The predicted molar refractivity (Wildman–Crippen MR) is 90.2 cm³/mol. The van der Waals surface area contributed by atoms with Crippen LogP contribution in [0.4, 0.5) is 0 Å². The van der Waals surface area contributed by atoms with Crippen molar-refractivity contribution in [1.82, 2.24) is 5.32 Å². The standard InChI is InChI=1S/C19H33N/c1-5-10-16-13-9-14-18(15-16)19(20-8-4)17(11-6-2)12-7-3/h9,13-15,17,19-20H,5-8,10-12H2,1-4H3. The van der Waals surface area contributed by atoms with E-state index in [2.05, 4.69) is 57.3 Å². The summed E-state index contributed by atoms with van der Waals surface area (Å²) in [6, 6.07) is 9.77. The quantitative estimate of drug-likeness (QED) is 0.594.